The Bertz CT molecular complexity index is 1570. The first-order valence-electron chi connectivity index (χ1n) is 12.0. The predicted molar refractivity (Wildman–Crippen MR) is 166 cm³/mol. The molecule has 1 unspecified atom stereocenters. The molecule has 16 nitrogen and oxygen atoms in total. The monoisotopic (exact) mass is 700 g/mol. The minimum absolute atomic E-state index is 0.0666. The van der Waals surface area contributed by atoms with Crippen molar-refractivity contribution in [1.82, 2.24) is 19.5 Å². The number of fused-ring (bicyclic) bond motifs is 1. The number of anilines is 1. The second-order valence-corrected chi connectivity index (χ2v) is 15.7. The van der Waals surface area contributed by atoms with Gasteiger partial charge in [-0.05, 0) is 37.5 Å². The number of ether oxygens (including phenoxy) is 1. The van der Waals surface area contributed by atoms with Crippen molar-refractivity contribution in [1.29, 1.82) is 0 Å². The molecular formula is C22H32N6O10S5. The van der Waals surface area contributed by atoms with Crippen LogP contribution in [0, 0.1) is 6.92 Å². The van der Waals surface area contributed by atoms with Gasteiger partial charge < -0.3 is 36.1 Å². The number of nitrogens with two attached hydrogens (primary N) is 2. The number of aliphatic carboxylic acids is 1. The van der Waals surface area contributed by atoms with Crippen LogP contribution < -0.4 is 11.5 Å². The maximum absolute atomic E-state index is 10.5. The van der Waals surface area contributed by atoms with E-state index < -0.39 is 54.4 Å². The fourth-order valence-corrected chi connectivity index (χ4v) is 4.99. The number of nitrogen functional groups attached to an aromatic ring is 1. The molecule has 9 N–H and O–H groups in total. The molecule has 0 spiro atoms. The normalized spacial score (nSPS) is 20.9. The number of thioether (sulfide) groups is 1. The molecule has 0 bridgehead atoms. The lowest BCUT2D eigenvalue weighted by molar-refractivity contribution is -0.138. The summed E-state index contributed by atoms with van der Waals surface area (Å²) in [7, 11) is -7.05. The van der Waals surface area contributed by atoms with Crippen molar-refractivity contribution in [2.75, 3.05) is 24.3 Å². The number of carboxylic acids is 1. The summed E-state index contributed by atoms with van der Waals surface area (Å²) >= 11 is 10.7. The molecule has 1 aliphatic rings. The number of hydrogen-bond donors (Lipinski definition) is 7. The molecular weight excluding hydrogens is 669 g/mol. The molecule has 21 heteroatoms. The number of aliphatic hydroxyl groups excluding tert-OH is 2. The van der Waals surface area contributed by atoms with Crippen LogP contribution in [0.4, 0.5) is 5.82 Å². The van der Waals surface area contributed by atoms with E-state index in [2.05, 4.69) is 37.3 Å². The summed E-state index contributed by atoms with van der Waals surface area (Å²) in [4.78, 5) is 22.0. The van der Waals surface area contributed by atoms with Gasteiger partial charge in [-0.3, -0.25) is 18.1 Å². The fourth-order valence-electron chi connectivity index (χ4n) is 3.38. The summed E-state index contributed by atoms with van der Waals surface area (Å²) in [5.74, 6) is 0.0876. The van der Waals surface area contributed by atoms with Crippen molar-refractivity contribution in [2.45, 2.75) is 48.8 Å². The Morgan fingerprint density at radius 2 is 1.79 bits per heavy atom. The second kappa shape index (κ2) is 16.2. The molecule has 4 rings (SSSR count). The molecule has 3 heterocycles. The number of hydrogen-bond acceptors (Lipinski definition) is 15. The highest BCUT2D eigenvalue weighted by Crippen LogP contribution is 2.32. The minimum atomic E-state index is -4.02. The lowest BCUT2D eigenvalue weighted by Gasteiger charge is -2.16. The lowest BCUT2D eigenvalue weighted by atomic mass is 10.1. The summed E-state index contributed by atoms with van der Waals surface area (Å²) in [5.41, 5.74) is 12.6. The van der Waals surface area contributed by atoms with E-state index in [0.29, 0.717) is 17.6 Å². The van der Waals surface area contributed by atoms with Gasteiger partial charge in [-0.15, -0.1) is 0 Å². The van der Waals surface area contributed by atoms with E-state index in [1.807, 2.05) is 13.2 Å². The number of carbonyl (C=O) groups is 1. The smallest absolute Gasteiger partial charge is 0.320 e. The highest BCUT2D eigenvalue weighted by molar-refractivity contribution is 8.51. The summed E-state index contributed by atoms with van der Waals surface area (Å²) in [5, 5.41) is 28.5. The van der Waals surface area contributed by atoms with Gasteiger partial charge in [0.2, 0.25) is 0 Å². The average molecular weight is 701 g/mol. The van der Waals surface area contributed by atoms with Gasteiger partial charge in [-0.1, -0.05) is 17.7 Å². The molecule has 0 saturated carbocycles. The summed E-state index contributed by atoms with van der Waals surface area (Å²) in [6.45, 7) is 1.59. The van der Waals surface area contributed by atoms with Gasteiger partial charge in [-0.2, -0.15) is 20.2 Å². The van der Waals surface area contributed by atoms with Crippen LogP contribution in [0.3, 0.4) is 0 Å². The number of aliphatic hydroxyl groups is 2. The van der Waals surface area contributed by atoms with E-state index in [0.717, 1.165) is 11.3 Å². The van der Waals surface area contributed by atoms with Crippen LogP contribution in [-0.2, 0) is 53.9 Å². The van der Waals surface area contributed by atoms with Gasteiger partial charge in [0.05, 0.1) is 17.8 Å². The van der Waals surface area contributed by atoms with E-state index in [1.54, 1.807) is 23.9 Å². The maximum Gasteiger partial charge on any atom is 0.320 e. The van der Waals surface area contributed by atoms with Gasteiger partial charge in [0.15, 0.2) is 17.7 Å². The Labute approximate surface area is 261 Å². The third-order valence-electron chi connectivity index (χ3n) is 5.65. The van der Waals surface area contributed by atoms with Crippen molar-refractivity contribution in [3.63, 3.8) is 0 Å². The van der Waals surface area contributed by atoms with Crippen molar-refractivity contribution >= 4 is 74.9 Å². The van der Waals surface area contributed by atoms with Gasteiger partial charge in [0.1, 0.15) is 43.9 Å². The molecule has 0 amide bonds. The van der Waals surface area contributed by atoms with Crippen LogP contribution in [0.25, 0.3) is 11.2 Å². The summed E-state index contributed by atoms with van der Waals surface area (Å²) in [6, 6.07) is 5.30. The second-order valence-electron chi connectivity index (χ2n) is 8.86. The molecule has 1 saturated heterocycles. The Morgan fingerprint density at radius 1 is 1.16 bits per heavy atom. The van der Waals surface area contributed by atoms with E-state index in [1.165, 1.54) is 29.4 Å². The first-order chi connectivity index (χ1) is 20.0. The van der Waals surface area contributed by atoms with E-state index in [9.17, 15) is 28.0 Å². The van der Waals surface area contributed by atoms with Crippen molar-refractivity contribution in [3.8, 4) is 0 Å². The maximum atomic E-state index is 10.5. The zero-order valence-corrected chi connectivity index (χ0v) is 26.8. The zero-order chi connectivity index (χ0) is 32.5. The average Bonchev–Trinajstić information content (AvgIpc) is 3.47. The van der Waals surface area contributed by atoms with E-state index in [4.69, 9.17) is 30.0 Å². The first-order valence-corrected chi connectivity index (χ1v) is 18.2. The van der Waals surface area contributed by atoms with Crippen molar-refractivity contribution in [2.24, 2.45) is 5.73 Å². The topological polar surface area (TPSA) is 266 Å². The zero-order valence-electron chi connectivity index (χ0n) is 22.7. The molecule has 1 aliphatic heterocycles. The number of aromatic nitrogens is 4. The third kappa shape index (κ3) is 11.4. The fraction of sp³-hybridized carbons (Fsp3) is 0.455. The Balaban J connectivity index is 0.000000268. The van der Waals surface area contributed by atoms with Crippen molar-refractivity contribution in [3.05, 3.63) is 42.5 Å². The third-order valence-corrected chi connectivity index (χ3v) is 8.17. The molecule has 0 radical (unpaired) electrons. The van der Waals surface area contributed by atoms with Crippen LogP contribution in [0.15, 0.2) is 41.8 Å². The largest absolute Gasteiger partial charge is 0.480 e. The standard InChI is InChI=1S/C10H13N5O5S3.C7H8O3S.C5H11NO2S/c11-8-5-9(13-2-12-8)15(3-14-5)10-7(17)6(16)4(20-10)1-19-23(18,21)22;1-6-2-4-7(5-3-6)11(8,9)10;1-9-3-2-4(6)5(7)8/h2-4,6-7,10,16-17H,1H2,(H2,11,12,13)(H,18,21,22);2-5H,1H3,(H,8,9,10);4H,2-3,6H2,1H3,(H,7,8)/t4-,6-,7-,10-;;/m1../s1. The number of nitrogens with zero attached hydrogens (tertiary/aromatic N) is 4. The highest BCUT2D eigenvalue weighted by Gasteiger charge is 2.44. The minimum Gasteiger partial charge on any atom is -0.480 e. The highest BCUT2D eigenvalue weighted by atomic mass is 33.1. The summed E-state index contributed by atoms with van der Waals surface area (Å²) < 4.78 is 50.8. The predicted octanol–water partition coefficient (Wildman–Crippen LogP) is -0.0968. The Kier molecular flexibility index (Phi) is 14.0. The van der Waals surface area contributed by atoms with Crippen LogP contribution in [0.2, 0.25) is 0 Å². The number of imidazole rings is 1. The van der Waals surface area contributed by atoms with Crippen molar-refractivity contribution < 1.29 is 46.6 Å². The van der Waals surface area contributed by atoms with Crippen LogP contribution in [0.5, 0.6) is 0 Å². The number of rotatable bonds is 9. The number of benzene rings is 1. The molecule has 1 fully saturated rings. The molecule has 43 heavy (non-hydrogen) atoms. The Hall–Kier alpha value is -2.15. The Morgan fingerprint density at radius 3 is 2.33 bits per heavy atom. The van der Waals surface area contributed by atoms with Gasteiger partial charge >= 0.3 is 5.97 Å². The SMILES string of the molecule is CSCCC(N)C(=O)O.Cc1ccc(S(=O)(=O)O)cc1.Nc1ncnc2c1ncn2[C@@H]1O[C@H](COS(O)(=S)=S)[C@@H](O)[C@H]1O. The quantitative estimate of drug-likeness (QED) is 0.144. The van der Waals surface area contributed by atoms with Crippen LogP contribution in [0.1, 0.15) is 18.2 Å². The van der Waals surface area contributed by atoms with Crippen LogP contribution in [-0.4, -0.2) is 101 Å². The molecule has 2 aromatic heterocycles. The molecule has 5 atom stereocenters. The first kappa shape index (κ1) is 37.0. The van der Waals surface area contributed by atoms with Crippen LogP contribution >= 0.6 is 11.8 Å². The van der Waals surface area contributed by atoms with E-state index >= 15 is 0 Å². The van der Waals surface area contributed by atoms with Gasteiger partial charge in [0.25, 0.3) is 10.1 Å². The van der Waals surface area contributed by atoms with Gasteiger partial charge in [-0.25, -0.2) is 15.0 Å². The molecule has 3 aromatic rings. The lowest BCUT2D eigenvalue weighted by Crippen LogP contribution is -2.34. The summed E-state index contributed by atoms with van der Waals surface area (Å²) in [6.07, 6.45) is 0.699. The van der Waals surface area contributed by atoms with E-state index in [-0.39, 0.29) is 17.3 Å². The molecule has 1 aromatic carbocycles. The molecule has 240 valence electrons. The number of carboxylic acid groups (broad SMARTS) is 1. The number of aryl methyl sites for hydroxylation is 1. The molecule has 0 aliphatic carbocycles. The van der Waals surface area contributed by atoms with Gasteiger partial charge in [0, 0.05) is 22.4 Å².